The fraction of sp³-hybridized carbons (Fsp3) is 0.111. The van der Waals surface area contributed by atoms with Gasteiger partial charge in [0.2, 0.25) is 5.71 Å². The summed E-state index contributed by atoms with van der Waals surface area (Å²) in [6, 6.07) is 0. The Morgan fingerprint density at radius 3 is 3.06 bits per heavy atom. The molecule has 0 spiro atoms. The number of hydrogen-bond acceptors (Lipinski definition) is 7. The van der Waals surface area contributed by atoms with Gasteiger partial charge in [-0.1, -0.05) is 5.16 Å². The number of nitrogen functional groups attached to an aromatic ring is 1. The molecule has 0 saturated carbocycles. The predicted octanol–water partition coefficient (Wildman–Crippen LogP) is 0.454. The summed E-state index contributed by atoms with van der Waals surface area (Å²) in [5, 5.41) is 14.3. The van der Waals surface area contributed by atoms with E-state index in [1.165, 1.54) is 5.38 Å². The standard InChI is InChI=1S/C9H9N5O3S/c10-9-13-5(4-18-9)7(8(15)16)14-17-3-6-11-1-2-12-6/h1-2,4H,3H2,(H2,10,13)(H,11,12)(H,15,16). The summed E-state index contributed by atoms with van der Waals surface area (Å²) in [5.41, 5.74) is 5.30. The van der Waals surface area contributed by atoms with Crippen molar-refractivity contribution >= 4 is 28.1 Å². The number of aromatic amines is 1. The number of hydrogen-bond donors (Lipinski definition) is 3. The van der Waals surface area contributed by atoms with Crippen LogP contribution in [-0.2, 0) is 16.2 Å². The van der Waals surface area contributed by atoms with Crippen LogP contribution in [0.1, 0.15) is 11.5 Å². The number of rotatable bonds is 5. The molecule has 0 amide bonds. The quantitative estimate of drug-likeness (QED) is 0.533. The zero-order valence-corrected chi connectivity index (χ0v) is 9.85. The van der Waals surface area contributed by atoms with E-state index in [2.05, 4.69) is 20.1 Å². The van der Waals surface area contributed by atoms with Gasteiger partial charge in [0.25, 0.3) is 0 Å². The molecule has 8 nitrogen and oxygen atoms in total. The third-order valence-electron chi connectivity index (χ3n) is 1.88. The van der Waals surface area contributed by atoms with Crippen LogP contribution in [0.3, 0.4) is 0 Å². The number of oxime groups is 1. The molecule has 0 saturated heterocycles. The Morgan fingerprint density at radius 1 is 1.67 bits per heavy atom. The number of imidazole rings is 1. The van der Waals surface area contributed by atoms with Crippen molar-refractivity contribution in [1.29, 1.82) is 0 Å². The van der Waals surface area contributed by atoms with E-state index in [0.29, 0.717) is 5.82 Å². The van der Waals surface area contributed by atoms with Crippen molar-refractivity contribution in [1.82, 2.24) is 15.0 Å². The highest BCUT2D eigenvalue weighted by Gasteiger charge is 2.17. The van der Waals surface area contributed by atoms with Crippen molar-refractivity contribution in [2.45, 2.75) is 6.61 Å². The van der Waals surface area contributed by atoms with Crippen LogP contribution in [0.4, 0.5) is 5.13 Å². The number of carboxylic acid groups (broad SMARTS) is 1. The number of nitrogens with two attached hydrogens (primary N) is 1. The maximum Gasteiger partial charge on any atom is 0.360 e. The summed E-state index contributed by atoms with van der Waals surface area (Å²) in [6.45, 7) is 0.0450. The lowest BCUT2D eigenvalue weighted by atomic mass is 10.3. The fourth-order valence-corrected chi connectivity index (χ4v) is 1.67. The molecule has 2 aromatic heterocycles. The number of carboxylic acids is 1. The topological polar surface area (TPSA) is 126 Å². The van der Waals surface area contributed by atoms with Crippen molar-refractivity contribution < 1.29 is 14.7 Å². The Labute approximate surface area is 105 Å². The molecule has 18 heavy (non-hydrogen) atoms. The molecule has 2 rings (SSSR count). The Bertz CT molecular complexity index is 563. The maximum absolute atomic E-state index is 11.0. The summed E-state index contributed by atoms with van der Waals surface area (Å²) in [7, 11) is 0. The van der Waals surface area contributed by atoms with Gasteiger partial charge in [-0.2, -0.15) is 0 Å². The predicted molar refractivity (Wildman–Crippen MR) is 64.1 cm³/mol. The SMILES string of the molecule is Nc1nc(C(=NOCc2ncc[nH]2)C(=O)O)cs1. The fourth-order valence-electron chi connectivity index (χ4n) is 1.13. The number of carbonyl (C=O) groups is 1. The molecule has 0 aliphatic rings. The number of nitrogens with zero attached hydrogens (tertiary/aromatic N) is 3. The van der Waals surface area contributed by atoms with Crippen LogP contribution >= 0.6 is 11.3 Å². The molecule has 9 heteroatoms. The van der Waals surface area contributed by atoms with E-state index in [-0.39, 0.29) is 23.1 Å². The van der Waals surface area contributed by atoms with Crippen LogP contribution in [0.15, 0.2) is 22.9 Å². The van der Waals surface area contributed by atoms with E-state index in [1.54, 1.807) is 12.4 Å². The molecule has 0 atom stereocenters. The third-order valence-corrected chi connectivity index (χ3v) is 2.55. The summed E-state index contributed by atoms with van der Waals surface area (Å²) in [6.07, 6.45) is 3.18. The highest BCUT2D eigenvalue weighted by atomic mass is 32.1. The van der Waals surface area contributed by atoms with E-state index in [1.807, 2.05) is 0 Å². The molecular weight excluding hydrogens is 258 g/mol. The van der Waals surface area contributed by atoms with Gasteiger partial charge in [0.15, 0.2) is 11.7 Å². The molecule has 0 unspecified atom stereocenters. The summed E-state index contributed by atoms with van der Waals surface area (Å²) >= 11 is 1.13. The molecule has 0 aromatic carbocycles. The van der Waals surface area contributed by atoms with Gasteiger partial charge in [0.05, 0.1) is 0 Å². The maximum atomic E-state index is 11.0. The number of H-pyrrole nitrogens is 1. The monoisotopic (exact) mass is 267 g/mol. The molecule has 94 valence electrons. The first kappa shape index (κ1) is 12.0. The van der Waals surface area contributed by atoms with Crippen LogP contribution in [0, 0.1) is 0 Å². The van der Waals surface area contributed by atoms with E-state index < -0.39 is 5.97 Å². The smallest absolute Gasteiger partial charge is 0.360 e. The molecule has 2 aromatic rings. The minimum absolute atomic E-state index is 0.0450. The molecule has 2 heterocycles. The van der Waals surface area contributed by atoms with Gasteiger partial charge in [0, 0.05) is 17.8 Å². The molecule has 4 N–H and O–H groups in total. The van der Waals surface area contributed by atoms with Crippen molar-refractivity contribution in [3.05, 3.63) is 29.3 Å². The Kier molecular flexibility index (Phi) is 3.53. The normalized spacial score (nSPS) is 11.4. The number of aliphatic carboxylic acids is 1. The second kappa shape index (κ2) is 5.27. The van der Waals surface area contributed by atoms with E-state index in [0.717, 1.165) is 11.3 Å². The first-order chi connectivity index (χ1) is 8.66. The van der Waals surface area contributed by atoms with Crippen LogP contribution in [0.5, 0.6) is 0 Å². The zero-order valence-electron chi connectivity index (χ0n) is 9.03. The third kappa shape index (κ3) is 2.83. The van der Waals surface area contributed by atoms with E-state index in [9.17, 15) is 4.79 Å². The summed E-state index contributed by atoms with van der Waals surface area (Å²) in [4.78, 5) is 26.4. The second-order valence-corrected chi connectivity index (χ2v) is 4.02. The van der Waals surface area contributed by atoms with Crippen molar-refractivity contribution in [2.24, 2.45) is 5.16 Å². The van der Waals surface area contributed by atoms with Gasteiger partial charge in [-0.25, -0.2) is 14.8 Å². The number of thiazole rings is 1. The van der Waals surface area contributed by atoms with Crippen LogP contribution in [0.2, 0.25) is 0 Å². The lowest BCUT2D eigenvalue weighted by Gasteiger charge is -1.98. The first-order valence-electron chi connectivity index (χ1n) is 4.79. The van der Waals surface area contributed by atoms with Gasteiger partial charge in [-0.3, -0.25) is 0 Å². The minimum atomic E-state index is -1.24. The Hall–Kier alpha value is -2.42. The van der Waals surface area contributed by atoms with Gasteiger partial charge in [-0.15, -0.1) is 11.3 Å². The lowest BCUT2D eigenvalue weighted by molar-refractivity contribution is -0.129. The zero-order chi connectivity index (χ0) is 13.0. The van der Waals surface area contributed by atoms with Crippen molar-refractivity contribution in [3.8, 4) is 0 Å². The van der Waals surface area contributed by atoms with Crippen LogP contribution in [-0.4, -0.2) is 31.7 Å². The number of anilines is 1. The average molecular weight is 267 g/mol. The van der Waals surface area contributed by atoms with E-state index in [4.69, 9.17) is 15.7 Å². The highest BCUT2D eigenvalue weighted by molar-refractivity contribution is 7.13. The van der Waals surface area contributed by atoms with E-state index >= 15 is 0 Å². The molecular formula is C9H9N5O3S. The van der Waals surface area contributed by atoms with Crippen LogP contribution in [0.25, 0.3) is 0 Å². The summed E-state index contributed by atoms with van der Waals surface area (Å²) < 4.78 is 0. The largest absolute Gasteiger partial charge is 0.476 e. The van der Waals surface area contributed by atoms with Gasteiger partial charge >= 0.3 is 5.97 Å². The highest BCUT2D eigenvalue weighted by Crippen LogP contribution is 2.12. The second-order valence-electron chi connectivity index (χ2n) is 3.13. The Balaban J connectivity index is 2.08. The molecule has 0 radical (unpaired) electrons. The van der Waals surface area contributed by atoms with Gasteiger partial charge in [0.1, 0.15) is 11.5 Å². The Morgan fingerprint density at radius 2 is 2.50 bits per heavy atom. The summed E-state index contributed by atoms with van der Waals surface area (Å²) in [5.74, 6) is -0.693. The molecule has 0 aliphatic carbocycles. The number of nitrogens with one attached hydrogen (secondary N) is 1. The molecule has 0 fully saturated rings. The van der Waals surface area contributed by atoms with Gasteiger partial charge < -0.3 is 20.7 Å². The average Bonchev–Trinajstić information content (AvgIpc) is 2.95. The minimum Gasteiger partial charge on any atom is -0.476 e. The first-order valence-corrected chi connectivity index (χ1v) is 5.67. The van der Waals surface area contributed by atoms with Gasteiger partial charge in [-0.05, 0) is 0 Å². The van der Waals surface area contributed by atoms with Crippen molar-refractivity contribution in [3.63, 3.8) is 0 Å². The lowest BCUT2D eigenvalue weighted by Crippen LogP contribution is -2.15. The molecule has 0 bridgehead atoms. The van der Waals surface area contributed by atoms with Crippen LogP contribution < -0.4 is 5.73 Å². The molecule has 0 aliphatic heterocycles. The number of aromatic nitrogens is 3. The van der Waals surface area contributed by atoms with Crippen molar-refractivity contribution in [2.75, 3.05) is 5.73 Å².